The molecule has 1 atom stereocenters. The Hall–Kier alpha value is -1.56. The van der Waals surface area contributed by atoms with Gasteiger partial charge < -0.3 is 29.7 Å². The number of likely N-dealkylation sites (tertiary alicyclic amines) is 1. The lowest BCUT2D eigenvalue weighted by atomic mass is 9.98. The van der Waals surface area contributed by atoms with E-state index in [4.69, 9.17) is 9.47 Å². The molecule has 10 heteroatoms. The number of piperidine rings is 1. The van der Waals surface area contributed by atoms with E-state index in [0.29, 0.717) is 35.5 Å². The van der Waals surface area contributed by atoms with Crippen LogP contribution in [0.1, 0.15) is 32.3 Å². The first-order chi connectivity index (χ1) is 14.1. The van der Waals surface area contributed by atoms with Gasteiger partial charge in [0.15, 0.2) is 17.5 Å². The lowest BCUT2D eigenvalue weighted by Gasteiger charge is -2.32. The fraction of sp³-hybridized carbons (Fsp3) is 0.650. The summed E-state index contributed by atoms with van der Waals surface area (Å²) >= 11 is 0. The van der Waals surface area contributed by atoms with Gasteiger partial charge in [0.1, 0.15) is 5.75 Å². The van der Waals surface area contributed by atoms with Crippen LogP contribution in [0, 0.1) is 5.92 Å². The summed E-state index contributed by atoms with van der Waals surface area (Å²) in [6.45, 7) is 6.35. The van der Waals surface area contributed by atoms with Crippen molar-refractivity contribution >= 4 is 29.9 Å². The molecule has 0 bridgehead atoms. The van der Waals surface area contributed by atoms with Crippen molar-refractivity contribution < 1.29 is 23.0 Å². The van der Waals surface area contributed by atoms with E-state index in [-0.39, 0.29) is 43.1 Å². The molecule has 1 unspecified atom stereocenters. The maximum absolute atomic E-state index is 12.8. The fourth-order valence-electron chi connectivity index (χ4n) is 3.65. The molecule has 1 aromatic carbocycles. The van der Waals surface area contributed by atoms with Gasteiger partial charge in [-0.15, -0.1) is 24.0 Å². The molecule has 2 aliphatic rings. The lowest BCUT2D eigenvalue weighted by molar-refractivity contribution is -0.0505. The molecule has 0 spiro atoms. The molecule has 0 radical (unpaired) electrons. The predicted molar refractivity (Wildman–Crippen MR) is 122 cm³/mol. The highest BCUT2D eigenvalue weighted by atomic mass is 127. The van der Waals surface area contributed by atoms with E-state index in [9.17, 15) is 8.78 Å². The van der Waals surface area contributed by atoms with Gasteiger partial charge in [-0.3, -0.25) is 0 Å². The number of alkyl halides is 2. The smallest absolute Gasteiger partial charge is 0.387 e. The topological polar surface area (TPSA) is 67.4 Å². The number of ether oxygens (including phenoxy) is 3. The average Bonchev–Trinajstić information content (AvgIpc) is 3.17. The number of nitrogens with zero attached hydrogens (tertiary/aromatic N) is 2. The third kappa shape index (κ3) is 7.00. The summed E-state index contributed by atoms with van der Waals surface area (Å²) in [4.78, 5) is 7.02. The second-order valence-electron chi connectivity index (χ2n) is 7.17. The van der Waals surface area contributed by atoms with Crippen molar-refractivity contribution in [2.75, 3.05) is 39.5 Å². The van der Waals surface area contributed by atoms with E-state index in [1.165, 1.54) is 18.9 Å². The molecular weight excluding hydrogens is 509 g/mol. The van der Waals surface area contributed by atoms with Crippen LogP contribution in [-0.2, 0) is 6.54 Å². The molecule has 1 aromatic rings. The average molecular weight is 540 g/mol. The van der Waals surface area contributed by atoms with Crippen LogP contribution in [-0.4, -0.2) is 57.0 Å². The second kappa shape index (κ2) is 12.3. The number of benzene rings is 1. The molecule has 7 nitrogen and oxygen atoms in total. The van der Waals surface area contributed by atoms with Crippen molar-refractivity contribution in [3.8, 4) is 17.2 Å². The summed E-state index contributed by atoms with van der Waals surface area (Å²) in [7, 11) is 0. The van der Waals surface area contributed by atoms with Crippen LogP contribution < -0.4 is 24.8 Å². The summed E-state index contributed by atoms with van der Waals surface area (Å²) < 4.78 is 40.9. The molecule has 2 N–H and O–H groups in total. The van der Waals surface area contributed by atoms with Crippen LogP contribution in [0.5, 0.6) is 17.2 Å². The molecule has 2 aliphatic heterocycles. The third-order valence-electron chi connectivity index (χ3n) is 5.13. The molecule has 0 saturated carbocycles. The largest absolute Gasteiger partial charge is 0.454 e. The van der Waals surface area contributed by atoms with Crippen LogP contribution in [0.3, 0.4) is 0 Å². The van der Waals surface area contributed by atoms with Gasteiger partial charge >= 0.3 is 6.61 Å². The van der Waals surface area contributed by atoms with Crippen molar-refractivity contribution in [2.24, 2.45) is 10.9 Å². The molecule has 0 aromatic heterocycles. The summed E-state index contributed by atoms with van der Waals surface area (Å²) in [6, 6.07) is 3.08. The third-order valence-corrected chi connectivity index (χ3v) is 5.13. The Labute approximate surface area is 193 Å². The highest BCUT2D eigenvalue weighted by Gasteiger charge is 2.21. The number of fused-ring (bicyclic) bond motifs is 1. The van der Waals surface area contributed by atoms with Crippen LogP contribution in [0.2, 0.25) is 0 Å². The van der Waals surface area contributed by atoms with Gasteiger partial charge in [0.2, 0.25) is 6.79 Å². The first kappa shape index (κ1) is 24.7. The first-order valence-corrected chi connectivity index (χ1v) is 10.2. The highest BCUT2D eigenvalue weighted by molar-refractivity contribution is 14.0. The highest BCUT2D eigenvalue weighted by Crippen LogP contribution is 2.39. The van der Waals surface area contributed by atoms with Crippen molar-refractivity contribution in [1.82, 2.24) is 15.5 Å². The SMILES string of the molecule is CCNC(=NCc1cc2c(cc1OC(F)F)OCO2)NCC1CCCN(CC)C1.I. The van der Waals surface area contributed by atoms with Gasteiger partial charge in [-0.2, -0.15) is 8.78 Å². The van der Waals surface area contributed by atoms with Gasteiger partial charge in [-0.05, 0) is 44.8 Å². The number of halogens is 3. The number of rotatable bonds is 8. The number of aliphatic imine (C=N–C) groups is 1. The van der Waals surface area contributed by atoms with Gasteiger partial charge in [0, 0.05) is 31.3 Å². The molecule has 170 valence electrons. The van der Waals surface area contributed by atoms with E-state index >= 15 is 0 Å². The van der Waals surface area contributed by atoms with E-state index in [1.54, 1.807) is 6.07 Å². The zero-order chi connectivity index (χ0) is 20.6. The Kier molecular flexibility index (Phi) is 10.2. The van der Waals surface area contributed by atoms with E-state index in [2.05, 4.69) is 32.2 Å². The zero-order valence-electron chi connectivity index (χ0n) is 17.5. The Balaban J connectivity index is 0.00000320. The molecule has 0 amide bonds. The minimum Gasteiger partial charge on any atom is -0.454 e. The standard InChI is InChI=1S/C20H30F2N4O3.HI/c1-3-23-20(24-10-14-6-5-7-26(4-2)12-14)25-11-15-8-17-18(28-13-27-17)9-16(15)29-19(21)22;/h8-9,14,19H,3-7,10-13H2,1-2H3,(H2,23,24,25);1H. The summed E-state index contributed by atoms with van der Waals surface area (Å²) in [5.74, 6) is 2.18. The molecular formula is C20H31F2IN4O3. The lowest BCUT2D eigenvalue weighted by Crippen LogP contribution is -2.44. The molecule has 1 saturated heterocycles. The maximum atomic E-state index is 12.8. The molecule has 30 heavy (non-hydrogen) atoms. The van der Waals surface area contributed by atoms with Crippen molar-refractivity contribution in [1.29, 1.82) is 0 Å². The monoisotopic (exact) mass is 540 g/mol. The predicted octanol–water partition coefficient (Wildman–Crippen LogP) is 3.42. The van der Waals surface area contributed by atoms with Gasteiger partial charge in [-0.1, -0.05) is 6.92 Å². The minimum absolute atomic E-state index is 0. The van der Waals surface area contributed by atoms with E-state index in [0.717, 1.165) is 26.2 Å². The Morgan fingerprint density at radius 1 is 1.27 bits per heavy atom. The van der Waals surface area contributed by atoms with Crippen molar-refractivity contribution in [3.63, 3.8) is 0 Å². The quantitative estimate of drug-likeness (QED) is 0.300. The summed E-state index contributed by atoms with van der Waals surface area (Å²) in [5.41, 5.74) is 0.515. The maximum Gasteiger partial charge on any atom is 0.387 e. The summed E-state index contributed by atoms with van der Waals surface area (Å²) in [6.07, 6.45) is 2.40. The molecule has 1 fully saturated rings. The first-order valence-electron chi connectivity index (χ1n) is 10.2. The van der Waals surface area contributed by atoms with Crippen LogP contribution in [0.15, 0.2) is 17.1 Å². The van der Waals surface area contributed by atoms with Crippen LogP contribution in [0.4, 0.5) is 8.78 Å². The van der Waals surface area contributed by atoms with Gasteiger partial charge in [-0.25, -0.2) is 4.99 Å². The molecule has 2 heterocycles. The Morgan fingerprint density at radius 2 is 2.03 bits per heavy atom. The fourth-order valence-corrected chi connectivity index (χ4v) is 3.65. The minimum atomic E-state index is -2.92. The number of guanidine groups is 1. The number of hydrogen-bond donors (Lipinski definition) is 2. The number of hydrogen-bond acceptors (Lipinski definition) is 5. The van der Waals surface area contributed by atoms with E-state index < -0.39 is 6.61 Å². The Bertz CT molecular complexity index is 709. The summed E-state index contributed by atoms with van der Waals surface area (Å²) in [5, 5.41) is 6.60. The second-order valence-corrected chi connectivity index (χ2v) is 7.17. The van der Waals surface area contributed by atoms with Gasteiger partial charge in [0.25, 0.3) is 0 Å². The molecule has 0 aliphatic carbocycles. The van der Waals surface area contributed by atoms with E-state index in [1.807, 2.05) is 6.92 Å². The number of nitrogens with one attached hydrogen (secondary N) is 2. The molecule has 3 rings (SSSR count). The van der Waals surface area contributed by atoms with Crippen molar-refractivity contribution in [2.45, 2.75) is 39.8 Å². The normalized spacial score (nSPS) is 18.8. The van der Waals surface area contributed by atoms with Crippen LogP contribution >= 0.6 is 24.0 Å². The van der Waals surface area contributed by atoms with Gasteiger partial charge in [0.05, 0.1) is 6.54 Å². The Morgan fingerprint density at radius 3 is 2.73 bits per heavy atom. The van der Waals surface area contributed by atoms with Crippen LogP contribution in [0.25, 0.3) is 0 Å². The zero-order valence-corrected chi connectivity index (χ0v) is 19.8. The van der Waals surface area contributed by atoms with Crippen molar-refractivity contribution in [3.05, 3.63) is 17.7 Å².